The summed E-state index contributed by atoms with van der Waals surface area (Å²) < 4.78 is 10.9. The van der Waals surface area contributed by atoms with Crippen molar-refractivity contribution in [2.24, 2.45) is 5.92 Å². The Labute approximate surface area is 167 Å². The lowest BCUT2D eigenvalue weighted by atomic mass is 9.98. The number of amides is 1. The first-order valence-corrected chi connectivity index (χ1v) is 9.69. The van der Waals surface area contributed by atoms with Gasteiger partial charge in [-0.1, -0.05) is 20.3 Å². The topological polar surface area (TPSA) is 110 Å². The number of aryl methyl sites for hydroxylation is 2. The van der Waals surface area contributed by atoms with Crippen molar-refractivity contribution in [1.82, 2.24) is 5.32 Å². The van der Waals surface area contributed by atoms with Crippen molar-refractivity contribution in [2.45, 2.75) is 53.0 Å². The molecule has 2 atom stereocenters. The molecule has 2 heterocycles. The Balaban J connectivity index is 1.85. The molecule has 0 saturated heterocycles. The fourth-order valence-corrected chi connectivity index (χ4v) is 3.49. The van der Waals surface area contributed by atoms with Crippen LogP contribution in [0.4, 0.5) is 0 Å². The molecule has 0 bridgehead atoms. The number of benzene rings is 1. The minimum atomic E-state index is -1.06. The van der Waals surface area contributed by atoms with Gasteiger partial charge in [0.15, 0.2) is 0 Å². The molecule has 3 rings (SSSR count). The lowest BCUT2D eigenvalue weighted by molar-refractivity contribution is -0.143. The summed E-state index contributed by atoms with van der Waals surface area (Å²) in [6, 6.07) is 2.68. The van der Waals surface area contributed by atoms with Gasteiger partial charge >= 0.3 is 11.6 Å². The van der Waals surface area contributed by atoms with Gasteiger partial charge in [0.05, 0.1) is 6.26 Å². The Morgan fingerprint density at radius 1 is 1.17 bits per heavy atom. The van der Waals surface area contributed by atoms with E-state index in [0.717, 1.165) is 21.9 Å². The number of carboxylic acids is 1. The molecule has 0 aliphatic heterocycles. The van der Waals surface area contributed by atoms with E-state index in [1.165, 1.54) is 0 Å². The second kappa shape index (κ2) is 8.11. The zero-order valence-electron chi connectivity index (χ0n) is 17.0. The summed E-state index contributed by atoms with van der Waals surface area (Å²) in [5.41, 5.74) is 2.74. The van der Waals surface area contributed by atoms with Gasteiger partial charge in [0, 0.05) is 28.8 Å². The Morgan fingerprint density at radius 2 is 1.90 bits per heavy atom. The standard InChI is InChI=1S/C22H25NO6/c1-5-11(2)20(21(25)26)23-19(24)7-6-14-13(4)16-8-15-12(3)10-28-17(15)9-18(16)29-22(14)27/h8-11,20H,5-7H2,1-4H3,(H,23,24)(H,25,26). The highest BCUT2D eigenvalue weighted by molar-refractivity contribution is 5.96. The number of furan rings is 1. The van der Waals surface area contributed by atoms with E-state index >= 15 is 0 Å². The van der Waals surface area contributed by atoms with Crippen molar-refractivity contribution in [3.63, 3.8) is 0 Å². The molecular weight excluding hydrogens is 374 g/mol. The van der Waals surface area contributed by atoms with Crippen LogP contribution in [-0.2, 0) is 16.0 Å². The van der Waals surface area contributed by atoms with Crippen molar-refractivity contribution in [1.29, 1.82) is 0 Å². The predicted molar refractivity (Wildman–Crippen MR) is 109 cm³/mol. The third-order valence-corrected chi connectivity index (χ3v) is 5.57. The van der Waals surface area contributed by atoms with Crippen LogP contribution in [0.15, 0.2) is 32.0 Å². The highest BCUT2D eigenvalue weighted by Crippen LogP contribution is 2.29. The van der Waals surface area contributed by atoms with Gasteiger partial charge in [-0.15, -0.1) is 0 Å². The number of fused-ring (bicyclic) bond motifs is 2. The molecular formula is C22H25NO6. The maximum Gasteiger partial charge on any atom is 0.339 e. The number of nitrogens with one attached hydrogen (secondary N) is 1. The van der Waals surface area contributed by atoms with Gasteiger partial charge in [0.1, 0.15) is 17.2 Å². The van der Waals surface area contributed by atoms with E-state index in [1.54, 1.807) is 19.3 Å². The van der Waals surface area contributed by atoms with Crippen molar-refractivity contribution in [3.8, 4) is 0 Å². The van der Waals surface area contributed by atoms with Gasteiger partial charge in [-0.3, -0.25) is 4.79 Å². The van der Waals surface area contributed by atoms with Gasteiger partial charge in [-0.2, -0.15) is 0 Å². The van der Waals surface area contributed by atoms with E-state index in [-0.39, 0.29) is 18.8 Å². The van der Waals surface area contributed by atoms with Gasteiger partial charge in [0.25, 0.3) is 0 Å². The van der Waals surface area contributed by atoms with Crippen LogP contribution < -0.4 is 10.9 Å². The van der Waals surface area contributed by atoms with Crippen LogP contribution in [0.25, 0.3) is 21.9 Å². The third-order valence-electron chi connectivity index (χ3n) is 5.57. The van der Waals surface area contributed by atoms with E-state index in [4.69, 9.17) is 8.83 Å². The molecule has 1 amide bonds. The first-order valence-electron chi connectivity index (χ1n) is 9.69. The molecule has 1 aromatic carbocycles. The van der Waals surface area contributed by atoms with Crippen LogP contribution in [0.3, 0.4) is 0 Å². The fourth-order valence-electron chi connectivity index (χ4n) is 3.49. The molecule has 7 heteroatoms. The van der Waals surface area contributed by atoms with Gasteiger partial charge in [0.2, 0.25) is 5.91 Å². The van der Waals surface area contributed by atoms with Crippen molar-refractivity contribution < 1.29 is 23.5 Å². The number of carbonyl (C=O) groups is 2. The Kier molecular flexibility index (Phi) is 5.77. The first kappa shape index (κ1) is 20.6. The largest absolute Gasteiger partial charge is 0.480 e. The van der Waals surface area contributed by atoms with Gasteiger partial charge < -0.3 is 19.3 Å². The molecule has 0 aliphatic carbocycles. The smallest absolute Gasteiger partial charge is 0.339 e. The Morgan fingerprint density at radius 3 is 2.55 bits per heavy atom. The number of carbonyl (C=O) groups excluding carboxylic acids is 1. The minimum Gasteiger partial charge on any atom is -0.480 e. The van der Waals surface area contributed by atoms with Crippen LogP contribution in [-0.4, -0.2) is 23.0 Å². The van der Waals surface area contributed by atoms with Crippen molar-refractivity contribution in [2.75, 3.05) is 0 Å². The summed E-state index contributed by atoms with van der Waals surface area (Å²) >= 11 is 0. The zero-order chi connectivity index (χ0) is 21.3. The first-order chi connectivity index (χ1) is 13.7. The summed E-state index contributed by atoms with van der Waals surface area (Å²) in [6.45, 7) is 7.41. The van der Waals surface area contributed by atoms with E-state index in [0.29, 0.717) is 23.2 Å². The molecule has 0 radical (unpaired) electrons. The fraction of sp³-hybridized carbons (Fsp3) is 0.409. The monoisotopic (exact) mass is 399 g/mol. The second-order valence-electron chi connectivity index (χ2n) is 7.53. The molecule has 0 fully saturated rings. The Hall–Kier alpha value is -3.09. The summed E-state index contributed by atoms with van der Waals surface area (Å²) in [7, 11) is 0. The quantitative estimate of drug-likeness (QED) is 0.586. The average Bonchev–Trinajstić information content (AvgIpc) is 3.03. The van der Waals surface area contributed by atoms with Crippen molar-refractivity contribution in [3.05, 3.63) is 45.5 Å². The zero-order valence-corrected chi connectivity index (χ0v) is 17.0. The lowest BCUT2D eigenvalue weighted by Crippen LogP contribution is -2.45. The third kappa shape index (κ3) is 4.04. The molecule has 7 nitrogen and oxygen atoms in total. The summed E-state index contributed by atoms with van der Waals surface area (Å²) in [6.07, 6.45) is 2.46. The molecule has 0 saturated carbocycles. The maximum atomic E-state index is 12.5. The molecule has 0 spiro atoms. The number of hydrogen-bond donors (Lipinski definition) is 2. The van der Waals surface area contributed by atoms with Crippen molar-refractivity contribution >= 4 is 33.8 Å². The van der Waals surface area contributed by atoms with Crippen LogP contribution >= 0.6 is 0 Å². The number of carboxylic acid groups (broad SMARTS) is 1. The summed E-state index contributed by atoms with van der Waals surface area (Å²) in [5.74, 6) is -1.66. The number of rotatable bonds is 7. The molecule has 154 valence electrons. The minimum absolute atomic E-state index is 0.00427. The molecule has 2 N–H and O–H groups in total. The number of hydrogen-bond acceptors (Lipinski definition) is 5. The molecule has 0 aliphatic rings. The molecule has 3 aromatic rings. The molecule has 29 heavy (non-hydrogen) atoms. The normalized spacial score (nSPS) is 13.5. The van der Waals surface area contributed by atoms with E-state index < -0.39 is 23.5 Å². The lowest BCUT2D eigenvalue weighted by Gasteiger charge is -2.20. The molecule has 2 aromatic heterocycles. The highest BCUT2D eigenvalue weighted by Gasteiger charge is 2.25. The highest BCUT2D eigenvalue weighted by atomic mass is 16.4. The van der Waals surface area contributed by atoms with Crippen LogP contribution in [0.2, 0.25) is 0 Å². The summed E-state index contributed by atoms with van der Waals surface area (Å²) in [4.78, 5) is 36.2. The van der Waals surface area contributed by atoms with E-state index in [1.807, 2.05) is 26.8 Å². The van der Waals surface area contributed by atoms with Crippen LogP contribution in [0.1, 0.15) is 43.4 Å². The van der Waals surface area contributed by atoms with Gasteiger partial charge in [-0.05, 0) is 43.4 Å². The second-order valence-corrected chi connectivity index (χ2v) is 7.53. The summed E-state index contributed by atoms with van der Waals surface area (Å²) in [5, 5.41) is 13.6. The van der Waals surface area contributed by atoms with Crippen LogP contribution in [0.5, 0.6) is 0 Å². The molecule has 2 unspecified atom stereocenters. The SMILES string of the molecule is CCC(C)C(NC(=O)CCc1c(C)c2cc3c(C)coc3cc2oc1=O)C(=O)O. The Bertz CT molecular complexity index is 1140. The van der Waals surface area contributed by atoms with Gasteiger partial charge in [-0.25, -0.2) is 9.59 Å². The predicted octanol–water partition coefficient (Wildman–Crippen LogP) is 3.70. The van der Waals surface area contributed by atoms with Crippen LogP contribution in [0, 0.1) is 19.8 Å². The number of aliphatic carboxylic acids is 1. The van der Waals surface area contributed by atoms with E-state index in [2.05, 4.69) is 5.32 Å². The van der Waals surface area contributed by atoms with E-state index in [9.17, 15) is 19.5 Å². The maximum absolute atomic E-state index is 12.5. The average molecular weight is 399 g/mol.